The van der Waals surface area contributed by atoms with Crippen molar-refractivity contribution in [1.82, 2.24) is 25.1 Å². The van der Waals surface area contributed by atoms with Gasteiger partial charge in [-0.25, -0.2) is 0 Å². The minimum absolute atomic E-state index is 0.0473. The molecule has 0 amide bonds. The van der Waals surface area contributed by atoms with Crippen LogP contribution in [0, 0.1) is 0 Å². The Morgan fingerprint density at radius 1 is 1.47 bits per heavy atom. The van der Waals surface area contributed by atoms with Crippen LogP contribution in [-0.4, -0.2) is 33.4 Å². The third-order valence-electron chi connectivity index (χ3n) is 3.48. The molecule has 2 aromatic rings. The van der Waals surface area contributed by atoms with E-state index in [-0.39, 0.29) is 12.1 Å². The van der Waals surface area contributed by atoms with E-state index in [1.165, 1.54) is 0 Å². The summed E-state index contributed by atoms with van der Waals surface area (Å²) in [6.45, 7) is 3.73. The number of hydrogen-bond acceptors (Lipinski definition) is 5. The SMILES string of the molecule is COC(C)c1nnc2n1CCNC2c1cccnc1. The van der Waals surface area contributed by atoms with E-state index in [2.05, 4.69) is 31.1 Å². The van der Waals surface area contributed by atoms with Crippen LogP contribution in [0.2, 0.25) is 0 Å². The molecule has 100 valence electrons. The highest BCUT2D eigenvalue weighted by molar-refractivity contribution is 5.23. The Labute approximate surface area is 111 Å². The summed E-state index contributed by atoms with van der Waals surface area (Å²) in [4.78, 5) is 4.17. The number of fused-ring (bicyclic) bond motifs is 1. The average molecular weight is 259 g/mol. The van der Waals surface area contributed by atoms with Gasteiger partial charge in [0.1, 0.15) is 6.10 Å². The van der Waals surface area contributed by atoms with Crippen LogP contribution in [0.3, 0.4) is 0 Å². The van der Waals surface area contributed by atoms with Crippen molar-refractivity contribution in [2.24, 2.45) is 0 Å². The third kappa shape index (κ3) is 2.13. The highest BCUT2D eigenvalue weighted by Crippen LogP contribution is 2.25. The van der Waals surface area contributed by atoms with Crippen molar-refractivity contribution >= 4 is 0 Å². The monoisotopic (exact) mass is 259 g/mol. The molecule has 0 radical (unpaired) electrons. The first-order chi connectivity index (χ1) is 9.31. The summed E-state index contributed by atoms with van der Waals surface area (Å²) in [6, 6.07) is 4.03. The van der Waals surface area contributed by atoms with Gasteiger partial charge in [-0.2, -0.15) is 0 Å². The minimum atomic E-state index is -0.0473. The maximum Gasteiger partial charge on any atom is 0.162 e. The first kappa shape index (κ1) is 12.3. The Bertz CT molecular complexity index is 553. The molecule has 2 aromatic heterocycles. The molecule has 0 aliphatic carbocycles. The Balaban J connectivity index is 2.00. The number of nitrogens with zero attached hydrogens (tertiary/aromatic N) is 4. The highest BCUT2D eigenvalue weighted by Gasteiger charge is 2.27. The van der Waals surface area contributed by atoms with Crippen LogP contribution in [0.4, 0.5) is 0 Å². The van der Waals surface area contributed by atoms with Gasteiger partial charge in [-0.1, -0.05) is 6.07 Å². The molecule has 3 heterocycles. The smallest absolute Gasteiger partial charge is 0.162 e. The average Bonchev–Trinajstić information content (AvgIpc) is 2.91. The summed E-state index contributed by atoms with van der Waals surface area (Å²) >= 11 is 0. The first-order valence-corrected chi connectivity index (χ1v) is 6.40. The normalized spacial score (nSPS) is 20.0. The number of pyridine rings is 1. The fraction of sp³-hybridized carbons (Fsp3) is 0.462. The first-order valence-electron chi connectivity index (χ1n) is 6.40. The van der Waals surface area contributed by atoms with Gasteiger partial charge in [0.15, 0.2) is 11.6 Å². The number of methoxy groups -OCH3 is 1. The maximum atomic E-state index is 5.35. The second kappa shape index (κ2) is 5.07. The molecule has 1 aliphatic rings. The number of nitrogens with one attached hydrogen (secondary N) is 1. The molecule has 0 saturated carbocycles. The summed E-state index contributed by atoms with van der Waals surface area (Å²) in [5.74, 6) is 1.81. The number of aromatic nitrogens is 4. The molecule has 2 atom stereocenters. The zero-order chi connectivity index (χ0) is 13.2. The zero-order valence-corrected chi connectivity index (χ0v) is 11.1. The van der Waals surface area contributed by atoms with Crippen molar-refractivity contribution in [2.75, 3.05) is 13.7 Å². The molecule has 0 spiro atoms. The van der Waals surface area contributed by atoms with E-state index in [0.717, 1.165) is 30.3 Å². The fourth-order valence-electron chi connectivity index (χ4n) is 2.40. The third-order valence-corrected chi connectivity index (χ3v) is 3.48. The van der Waals surface area contributed by atoms with E-state index in [9.17, 15) is 0 Å². The van der Waals surface area contributed by atoms with E-state index in [4.69, 9.17) is 4.74 Å². The topological polar surface area (TPSA) is 64.9 Å². The van der Waals surface area contributed by atoms with E-state index in [1.807, 2.05) is 19.2 Å². The lowest BCUT2D eigenvalue weighted by Crippen LogP contribution is -2.35. The predicted molar refractivity (Wildman–Crippen MR) is 69.5 cm³/mol. The maximum absolute atomic E-state index is 5.35. The van der Waals surface area contributed by atoms with Gasteiger partial charge in [0.25, 0.3) is 0 Å². The van der Waals surface area contributed by atoms with Crippen LogP contribution < -0.4 is 5.32 Å². The lowest BCUT2D eigenvalue weighted by Gasteiger charge is -2.25. The Morgan fingerprint density at radius 3 is 3.11 bits per heavy atom. The van der Waals surface area contributed by atoms with Gasteiger partial charge in [0, 0.05) is 32.6 Å². The van der Waals surface area contributed by atoms with Crippen molar-refractivity contribution in [3.05, 3.63) is 41.7 Å². The molecule has 19 heavy (non-hydrogen) atoms. The number of hydrogen-bond donors (Lipinski definition) is 1. The fourth-order valence-corrected chi connectivity index (χ4v) is 2.40. The minimum Gasteiger partial charge on any atom is -0.374 e. The molecule has 6 nitrogen and oxygen atoms in total. The summed E-state index contributed by atoms with van der Waals surface area (Å²) in [5, 5.41) is 12.1. The lowest BCUT2D eigenvalue weighted by atomic mass is 10.1. The molecule has 0 aromatic carbocycles. The predicted octanol–water partition coefficient (Wildman–Crippen LogP) is 1.07. The van der Waals surface area contributed by atoms with Crippen molar-refractivity contribution in [3.63, 3.8) is 0 Å². The van der Waals surface area contributed by atoms with Crippen molar-refractivity contribution < 1.29 is 4.74 Å². The molecule has 6 heteroatoms. The lowest BCUT2D eigenvalue weighted by molar-refractivity contribution is 0.107. The van der Waals surface area contributed by atoms with Crippen molar-refractivity contribution in [2.45, 2.75) is 25.6 Å². The number of rotatable bonds is 3. The molecule has 2 unspecified atom stereocenters. The van der Waals surface area contributed by atoms with Gasteiger partial charge in [0.2, 0.25) is 0 Å². The molecule has 1 aliphatic heterocycles. The Kier molecular flexibility index (Phi) is 3.27. The molecule has 3 rings (SSSR count). The summed E-state index contributed by atoms with van der Waals surface area (Å²) in [7, 11) is 1.69. The quantitative estimate of drug-likeness (QED) is 0.893. The number of ether oxygens (including phenoxy) is 1. The highest BCUT2D eigenvalue weighted by atomic mass is 16.5. The van der Waals surface area contributed by atoms with Gasteiger partial charge >= 0.3 is 0 Å². The zero-order valence-electron chi connectivity index (χ0n) is 11.1. The van der Waals surface area contributed by atoms with Gasteiger partial charge in [-0.05, 0) is 18.6 Å². The van der Waals surface area contributed by atoms with E-state index in [0.29, 0.717) is 0 Å². The molecular weight excluding hydrogens is 242 g/mol. The summed E-state index contributed by atoms with van der Waals surface area (Å²) < 4.78 is 7.49. The summed E-state index contributed by atoms with van der Waals surface area (Å²) in [5.41, 5.74) is 1.10. The van der Waals surface area contributed by atoms with Gasteiger partial charge in [0.05, 0.1) is 6.04 Å². The van der Waals surface area contributed by atoms with Crippen LogP contribution >= 0.6 is 0 Å². The van der Waals surface area contributed by atoms with Gasteiger partial charge in [-0.15, -0.1) is 10.2 Å². The second-order valence-corrected chi connectivity index (χ2v) is 4.62. The second-order valence-electron chi connectivity index (χ2n) is 4.62. The van der Waals surface area contributed by atoms with E-state index in [1.54, 1.807) is 13.3 Å². The van der Waals surface area contributed by atoms with Crippen LogP contribution in [0.1, 0.15) is 36.3 Å². The standard InChI is InChI=1S/C13H17N5O/c1-9(19-2)12-16-17-13-11(15-6-7-18(12)13)10-4-3-5-14-8-10/h3-5,8-9,11,15H,6-7H2,1-2H3. The Hall–Kier alpha value is -1.79. The van der Waals surface area contributed by atoms with Gasteiger partial charge in [-0.3, -0.25) is 4.98 Å². The molecule has 0 bridgehead atoms. The van der Waals surface area contributed by atoms with E-state index < -0.39 is 0 Å². The molecule has 1 N–H and O–H groups in total. The van der Waals surface area contributed by atoms with Crippen LogP contribution in [0.5, 0.6) is 0 Å². The van der Waals surface area contributed by atoms with Crippen LogP contribution in [-0.2, 0) is 11.3 Å². The molecule has 0 fully saturated rings. The van der Waals surface area contributed by atoms with E-state index >= 15 is 0 Å². The van der Waals surface area contributed by atoms with Crippen molar-refractivity contribution in [1.29, 1.82) is 0 Å². The van der Waals surface area contributed by atoms with Crippen LogP contribution in [0.25, 0.3) is 0 Å². The van der Waals surface area contributed by atoms with Gasteiger partial charge < -0.3 is 14.6 Å². The molecular formula is C13H17N5O. The summed E-state index contributed by atoms with van der Waals surface area (Å²) in [6.07, 6.45) is 3.59. The largest absolute Gasteiger partial charge is 0.374 e. The van der Waals surface area contributed by atoms with Crippen molar-refractivity contribution in [3.8, 4) is 0 Å². The van der Waals surface area contributed by atoms with Crippen LogP contribution in [0.15, 0.2) is 24.5 Å². The molecule has 0 saturated heterocycles. The Morgan fingerprint density at radius 2 is 2.37 bits per heavy atom.